The summed E-state index contributed by atoms with van der Waals surface area (Å²) in [6.07, 6.45) is 3.43. The number of nitrogens with two attached hydrogens (primary N) is 1. The Hall–Kier alpha value is -2.11. The third-order valence-electron chi connectivity index (χ3n) is 2.34. The van der Waals surface area contributed by atoms with Crippen LogP contribution in [0.15, 0.2) is 17.1 Å². The van der Waals surface area contributed by atoms with Gasteiger partial charge in [-0.1, -0.05) is 13.3 Å². The number of nitrogens with one attached hydrogen (secondary N) is 1. The summed E-state index contributed by atoms with van der Waals surface area (Å²) in [6.45, 7) is 2.57. The van der Waals surface area contributed by atoms with Crippen LogP contribution in [0.1, 0.15) is 19.8 Å². The predicted octanol–water partition coefficient (Wildman–Crippen LogP) is 1.08. The molecule has 6 heteroatoms. The van der Waals surface area contributed by atoms with Crippen LogP contribution in [0.4, 0.5) is 5.95 Å². The number of H-pyrrole nitrogens is 1. The van der Waals surface area contributed by atoms with E-state index >= 15 is 0 Å². The fourth-order valence-corrected chi connectivity index (χ4v) is 1.49. The molecule has 0 aliphatic heterocycles. The zero-order valence-corrected chi connectivity index (χ0v) is 9.56. The van der Waals surface area contributed by atoms with Crippen LogP contribution in [0, 0.1) is 0 Å². The molecule has 0 amide bonds. The Morgan fingerprint density at radius 2 is 2.29 bits per heavy atom. The lowest BCUT2D eigenvalue weighted by Gasteiger charge is -2.07. The molecule has 0 aliphatic carbocycles. The van der Waals surface area contributed by atoms with E-state index in [2.05, 4.69) is 21.9 Å². The summed E-state index contributed by atoms with van der Waals surface area (Å²) in [4.78, 5) is 22.2. The number of ether oxygens (including phenoxy) is 1. The molecule has 3 N–H and O–H groups in total. The van der Waals surface area contributed by atoms with Gasteiger partial charge in [0, 0.05) is 6.20 Å². The fraction of sp³-hybridized carbons (Fsp3) is 0.364. The number of anilines is 1. The van der Waals surface area contributed by atoms with E-state index in [9.17, 15) is 4.79 Å². The minimum absolute atomic E-state index is 0.106. The molecule has 0 bridgehead atoms. The first-order valence-corrected chi connectivity index (χ1v) is 5.50. The van der Waals surface area contributed by atoms with Crippen molar-refractivity contribution in [3.05, 3.63) is 22.6 Å². The van der Waals surface area contributed by atoms with Gasteiger partial charge in [0.1, 0.15) is 5.39 Å². The summed E-state index contributed by atoms with van der Waals surface area (Å²) < 4.78 is 5.47. The molecular weight excluding hydrogens is 220 g/mol. The Bertz CT molecular complexity index is 579. The van der Waals surface area contributed by atoms with Crippen molar-refractivity contribution >= 4 is 16.9 Å². The van der Waals surface area contributed by atoms with Crippen LogP contribution in [0.25, 0.3) is 10.9 Å². The minimum Gasteiger partial charge on any atom is -0.477 e. The van der Waals surface area contributed by atoms with E-state index in [1.807, 2.05) is 0 Å². The molecule has 0 saturated heterocycles. The zero-order chi connectivity index (χ0) is 12.3. The van der Waals surface area contributed by atoms with Gasteiger partial charge < -0.3 is 15.5 Å². The first-order valence-electron chi connectivity index (χ1n) is 5.50. The second-order valence-electron chi connectivity index (χ2n) is 3.66. The van der Waals surface area contributed by atoms with E-state index in [0.717, 1.165) is 12.8 Å². The number of pyridine rings is 1. The van der Waals surface area contributed by atoms with Gasteiger partial charge in [0.2, 0.25) is 11.8 Å². The number of aromatic nitrogens is 3. The van der Waals surface area contributed by atoms with Crippen LogP contribution in [-0.2, 0) is 0 Å². The summed E-state index contributed by atoms with van der Waals surface area (Å²) in [5, 5.41) is 0.345. The van der Waals surface area contributed by atoms with Gasteiger partial charge in [-0.15, -0.1) is 0 Å². The highest BCUT2D eigenvalue weighted by atomic mass is 16.5. The largest absolute Gasteiger partial charge is 0.477 e. The summed E-state index contributed by atoms with van der Waals surface area (Å²) in [5.74, 6) is 0.359. The van der Waals surface area contributed by atoms with Crippen LogP contribution >= 0.6 is 0 Å². The number of unbranched alkanes of at least 4 members (excludes halogenated alkanes) is 1. The van der Waals surface area contributed by atoms with Crippen molar-refractivity contribution in [2.45, 2.75) is 19.8 Å². The van der Waals surface area contributed by atoms with Crippen molar-refractivity contribution in [1.82, 2.24) is 15.0 Å². The number of rotatable bonds is 4. The first kappa shape index (κ1) is 11.4. The highest BCUT2D eigenvalue weighted by Gasteiger charge is 2.10. The number of nitrogen functional groups attached to an aromatic ring is 1. The molecule has 17 heavy (non-hydrogen) atoms. The number of hydrogen-bond donors (Lipinski definition) is 2. The highest BCUT2D eigenvalue weighted by Crippen LogP contribution is 2.19. The summed E-state index contributed by atoms with van der Waals surface area (Å²) in [6, 6.07) is 1.67. The van der Waals surface area contributed by atoms with E-state index < -0.39 is 0 Å². The van der Waals surface area contributed by atoms with Crippen LogP contribution in [0.3, 0.4) is 0 Å². The standard InChI is InChI=1S/C11H14N4O2/c1-2-3-6-17-10-8-7(14-11(12)15-10)4-5-13-9(8)16/h4-5H,2-3,6H2,1H3,(H,13,16)(H2,12,14,15). The van der Waals surface area contributed by atoms with E-state index in [0.29, 0.717) is 17.5 Å². The van der Waals surface area contributed by atoms with Crippen molar-refractivity contribution in [1.29, 1.82) is 0 Å². The Labute approximate surface area is 97.8 Å². The zero-order valence-electron chi connectivity index (χ0n) is 9.56. The molecule has 6 nitrogen and oxygen atoms in total. The van der Waals surface area contributed by atoms with E-state index in [-0.39, 0.29) is 17.4 Å². The molecule has 2 rings (SSSR count). The summed E-state index contributed by atoms with van der Waals surface area (Å²) in [5.41, 5.74) is 5.79. The van der Waals surface area contributed by atoms with Crippen molar-refractivity contribution in [3.8, 4) is 5.88 Å². The maximum Gasteiger partial charge on any atom is 0.262 e. The molecule has 2 aromatic rings. The lowest BCUT2D eigenvalue weighted by molar-refractivity contribution is 0.301. The number of nitrogens with zero attached hydrogens (tertiary/aromatic N) is 2. The van der Waals surface area contributed by atoms with Crippen LogP contribution in [-0.4, -0.2) is 21.6 Å². The molecule has 0 atom stereocenters. The molecule has 2 aromatic heterocycles. The lowest BCUT2D eigenvalue weighted by Crippen LogP contribution is -2.11. The molecule has 0 aliphatic rings. The van der Waals surface area contributed by atoms with Crippen molar-refractivity contribution in [3.63, 3.8) is 0 Å². The molecule has 0 unspecified atom stereocenters. The second kappa shape index (κ2) is 4.82. The van der Waals surface area contributed by atoms with Crippen LogP contribution in [0.5, 0.6) is 5.88 Å². The van der Waals surface area contributed by atoms with Crippen molar-refractivity contribution in [2.24, 2.45) is 0 Å². The van der Waals surface area contributed by atoms with E-state index in [4.69, 9.17) is 10.5 Å². The van der Waals surface area contributed by atoms with Gasteiger partial charge in [0.15, 0.2) is 0 Å². The van der Waals surface area contributed by atoms with E-state index in [1.165, 1.54) is 6.20 Å². The van der Waals surface area contributed by atoms with Gasteiger partial charge >= 0.3 is 0 Å². The molecule has 2 heterocycles. The average molecular weight is 234 g/mol. The number of hydrogen-bond acceptors (Lipinski definition) is 5. The number of aromatic amines is 1. The normalized spacial score (nSPS) is 10.6. The van der Waals surface area contributed by atoms with Gasteiger partial charge in [-0.2, -0.15) is 4.98 Å². The Morgan fingerprint density at radius 3 is 3.06 bits per heavy atom. The quantitative estimate of drug-likeness (QED) is 0.772. The Kier molecular flexibility index (Phi) is 3.22. The van der Waals surface area contributed by atoms with Crippen molar-refractivity contribution in [2.75, 3.05) is 12.3 Å². The second-order valence-corrected chi connectivity index (χ2v) is 3.66. The van der Waals surface area contributed by atoms with Gasteiger partial charge in [0.05, 0.1) is 12.1 Å². The molecule has 0 fully saturated rings. The third kappa shape index (κ3) is 2.35. The van der Waals surface area contributed by atoms with Gasteiger partial charge in [-0.25, -0.2) is 4.98 Å². The SMILES string of the molecule is CCCCOc1nc(N)nc2cc[nH]c(=O)c12. The van der Waals surface area contributed by atoms with Crippen LogP contribution in [0.2, 0.25) is 0 Å². The van der Waals surface area contributed by atoms with Crippen LogP contribution < -0.4 is 16.0 Å². The summed E-state index contributed by atoms with van der Waals surface area (Å²) >= 11 is 0. The van der Waals surface area contributed by atoms with Gasteiger partial charge in [-0.05, 0) is 12.5 Å². The van der Waals surface area contributed by atoms with Gasteiger partial charge in [0.25, 0.3) is 5.56 Å². The predicted molar refractivity (Wildman–Crippen MR) is 65.0 cm³/mol. The Morgan fingerprint density at radius 1 is 1.47 bits per heavy atom. The molecule has 0 aromatic carbocycles. The molecule has 0 saturated carbocycles. The van der Waals surface area contributed by atoms with E-state index in [1.54, 1.807) is 6.07 Å². The smallest absolute Gasteiger partial charge is 0.262 e. The Balaban J connectivity index is 2.49. The lowest BCUT2D eigenvalue weighted by atomic mass is 10.3. The molecular formula is C11H14N4O2. The fourth-order valence-electron chi connectivity index (χ4n) is 1.49. The maximum absolute atomic E-state index is 11.7. The maximum atomic E-state index is 11.7. The minimum atomic E-state index is -0.269. The van der Waals surface area contributed by atoms with Gasteiger partial charge in [-0.3, -0.25) is 4.79 Å². The topological polar surface area (TPSA) is 93.9 Å². The molecule has 0 radical (unpaired) electrons. The first-order chi connectivity index (χ1) is 8.22. The highest BCUT2D eigenvalue weighted by molar-refractivity contribution is 5.83. The monoisotopic (exact) mass is 234 g/mol. The third-order valence-corrected chi connectivity index (χ3v) is 2.34. The van der Waals surface area contributed by atoms with Crippen molar-refractivity contribution < 1.29 is 4.74 Å². The molecule has 0 spiro atoms. The number of fused-ring (bicyclic) bond motifs is 1. The molecule has 90 valence electrons. The average Bonchev–Trinajstić information content (AvgIpc) is 2.28. The summed E-state index contributed by atoms with van der Waals surface area (Å²) in [7, 11) is 0.